The molecule has 3 aromatic rings. The number of carboxylic acid groups (broad SMARTS) is 1. The number of carbonyl (C=O) groups is 1. The number of rotatable bonds is 8. The molecule has 0 aliphatic carbocycles. The van der Waals surface area contributed by atoms with E-state index in [1.165, 1.54) is 0 Å². The van der Waals surface area contributed by atoms with Gasteiger partial charge in [0.05, 0.1) is 29.2 Å². The van der Waals surface area contributed by atoms with Gasteiger partial charge in [0.1, 0.15) is 0 Å². The molecule has 0 saturated heterocycles. The molecule has 0 radical (unpaired) electrons. The zero-order valence-corrected chi connectivity index (χ0v) is 14.3. The van der Waals surface area contributed by atoms with E-state index in [-0.39, 0.29) is 6.42 Å². The molecule has 0 bridgehead atoms. The molecular formula is C20H20N4O2. The van der Waals surface area contributed by atoms with Gasteiger partial charge in [-0.1, -0.05) is 18.2 Å². The van der Waals surface area contributed by atoms with Gasteiger partial charge < -0.3 is 5.11 Å². The van der Waals surface area contributed by atoms with Crippen molar-refractivity contribution in [1.82, 2.24) is 19.9 Å². The molecule has 1 N–H and O–H groups in total. The largest absolute Gasteiger partial charge is 0.481 e. The highest BCUT2D eigenvalue weighted by molar-refractivity contribution is 5.69. The van der Waals surface area contributed by atoms with E-state index in [4.69, 9.17) is 5.11 Å². The maximum absolute atomic E-state index is 10.9. The third-order valence-electron chi connectivity index (χ3n) is 3.81. The molecule has 6 heteroatoms. The molecule has 0 aliphatic rings. The van der Waals surface area contributed by atoms with Gasteiger partial charge in [-0.15, -0.1) is 0 Å². The smallest absolute Gasteiger partial charge is 0.309 e. The number of aromatic nitrogens is 3. The average Bonchev–Trinajstić information content (AvgIpc) is 2.63. The van der Waals surface area contributed by atoms with Crippen molar-refractivity contribution >= 4 is 5.97 Å². The third-order valence-corrected chi connectivity index (χ3v) is 3.81. The Bertz CT molecular complexity index is 799. The van der Waals surface area contributed by atoms with Gasteiger partial charge in [0.2, 0.25) is 0 Å². The minimum atomic E-state index is -0.881. The standard InChI is InChI=1S/C20H20N4O2/c25-20(26)12-16-8-5-9-19(23-16)15-24(13-17-6-1-3-10-21-17)14-18-7-2-4-11-22-18/h1-11H,12-15H2,(H,25,26). The van der Waals surface area contributed by atoms with Gasteiger partial charge in [0.25, 0.3) is 0 Å². The molecular weight excluding hydrogens is 328 g/mol. The van der Waals surface area contributed by atoms with E-state index in [2.05, 4.69) is 19.9 Å². The summed E-state index contributed by atoms with van der Waals surface area (Å²) in [6, 6.07) is 17.2. The Labute approximate surface area is 152 Å². The second-order valence-corrected chi connectivity index (χ2v) is 5.98. The first-order valence-corrected chi connectivity index (χ1v) is 8.38. The van der Waals surface area contributed by atoms with E-state index < -0.39 is 5.97 Å². The lowest BCUT2D eigenvalue weighted by atomic mass is 10.2. The highest BCUT2D eigenvalue weighted by Gasteiger charge is 2.11. The van der Waals surface area contributed by atoms with Crippen molar-refractivity contribution in [3.8, 4) is 0 Å². The lowest BCUT2D eigenvalue weighted by Crippen LogP contribution is -2.24. The predicted octanol–water partition coefficient (Wildman–Crippen LogP) is 2.70. The maximum atomic E-state index is 10.9. The minimum absolute atomic E-state index is 0.0751. The molecule has 26 heavy (non-hydrogen) atoms. The van der Waals surface area contributed by atoms with Crippen molar-refractivity contribution in [3.05, 3.63) is 89.8 Å². The Hall–Kier alpha value is -3.12. The van der Waals surface area contributed by atoms with Gasteiger partial charge in [-0.05, 0) is 36.4 Å². The predicted molar refractivity (Wildman–Crippen MR) is 97.0 cm³/mol. The number of hydrogen-bond acceptors (Lipinski definition) is 5. The van der Waals surface area contributed by atoms with Gasteiger partial charge in [0.15, 0.2) is 0 Å². The fourth-order valence-corrected chi connectivity index (χ4v) is 2.71. The Morgan fingerprint density at radius 1 is 0.769 bits per heavy atom. The van der Waals surface area contributed by atoms with Crippen molar-refractivity contribution in [2.45, 2.75) is 26.1 Å². The molecule has 0 saturated carbocycles. The molecule has 3 aromatic heterocycles. The fraction of sp³-hybridized carbons (Fsp3) is 0.200. The molecule has 3 rings (SSSR count). The quantitative estimate of drug-likeness (QED) is 0.674. The second kappa shape index (κ2) is 8.82. The van der Waals surface area contributed by atoms with Crippen LogP contribution < -0.4 is 0 Å². The van der Waals surface area contributed by atoms with Crippen molar-refractivity contribution < 1.29 is 9.90 Å². The Morgan fingerprint density at radius 3 is 1.85 bits per heavy atom. The zero-order valence-electron chi connectivity index (χ0n) is 14.3. The van der Waals surface area contributed by atoms with Crippen LogP contribution in [0.15, 0.2) is 67.0 Å². The summed E-state index contributed by atoms with van der Waals surface area (Å²) in [5.41, 5.74) is 3.32. The zero-order chi connectivity index (χ0) is 18.2. The van der Waals surface area contributed by atoms with Gasteiger partial charge in [-0.25, -0.2) is 0 Å². The number of hydrogen-bond donors (Lipinski definition) is 1. The molecule has 6 nitrogen and oxygen atoms in total. The fourth-order valence-electron chi connectivity index (χ4n) is 2.71. The average molecular weight is 348 g/mol. The molecule has 0 atom stereocenters. The minimum Gasteiger partial charge on any atom is -0.481 e. The van der Waals surface area contributed by atoms with Crippen LogP contribution in [0, 0.1) is 0 Å². The highest BCUT2D eigenvalue weighted by Crippen LogP contribution is 2.12. The lowest BCUT2D eigenvalue weighted by molar-refractivity contribution is -0.136. The van der Waals surface area contributed by atoms with Crippen LogP contribution in [0.2, 0.25) is 0 Å². The summed E-state index contributed by atoms with van der Waals surface area (Å²) < 4.78 is 0. The molecule has 0 aliphatic heterocycles. The van der Waals surface area contributed by atoms with E-state index in [0.717, 1.165) is 17.1 Å². The third kappa shape index (κ3) is 5.46. The van der Waals surface area contributed by atoms with E-state index in [1.54, 1.807) is 18.5 Å². The molecule has 132 valence electrons. The molecule has 0 unspecified atom stereocenters. The van der Waals surface area contributed by atoms with Gasteiger partial charge in [-0.3, -0.25) is 24.6 Å². The number of pyridine rings is 3. The molecule has 0 spiro atoms. The molecule has 0 aromatic carbocycles. The van der Waals surface area contributed by atoms with Crippen molar-refractivity contribution in [1.29, 1.82) is 0 Å². The summed E-state index contributed by atoms with van der Waals surface area (Å²) in [5.74, 6) is -0.881. The van der Waals surface area contributed by atoms with Crippen LogP contribution in [0.1, 0.15) is 22.8 Å². The Kier molecular flexibility index (Phi) is 6.01. The van der Waals surface area contributed by atoms with Crippen molar-refractivity contribution in [3.63, 3.8) is 0 Å². The lowest BCUT2D eigenvalue weighted by Gasteiger charge is -2.21. The first kappa shape index (κ1) is 17.7. The van der Waals surface area contributed by atoms with Gasteiger partial charge in [-0.2, -0.15) is 0 Å². The molecule has 0 fully saturated rings. The van der Waals surface area contributed by atoms with Gasteiger partial charge in [0, 0.05) is 32.0 Å². The summed E-state index contributed by atoms with van der Waals surface area (Å²) in [6.07, 6.45) is 3.48. The van der Waals surface area contributed by atoms with Crippen LogP contribution in [-0.2, 0) is 30.8 Å². The number of nitrogens with zero attached hydrogens (tertiary/aromatic N) is 4. The van der Waals surface area contributed by atoms with Gasteiger partial charge >= 0.3 is 5.97 Å². The van der Waals surface area contributed by atoms with Crippen LogP contribution in [0.5, 0.6) is 0 Å². The topological polar surface area (TPSA) is 79.2 Å². The Balaban J connectivity index is 1.77. The van der Waals surface area contributed by atoms with Crippen LogP contribution >= 0.6 is 0 Å². The summed E-state index contributed by atoms with van der Waals surface area (Å²) in [4.78, 5) is 26.4. The molecule has 0 amide bonds. The Morgan fingerprint density at radius 2 is 1.31 bits per heavy atom. The maximum Gasteiger partial charge on any atom is 0.309 e. The van der Waals surface area contributed by atoms with Crippen LogP contribution in [0.4, 0.5) is 0 Å². The van der Waals surface area contributed by atoms with Crippen LogP contribution in [0.25, 0.3) is 0 Å². The number of aliphatic carboxylic acids is 1. The summed E-state index contributed by atoms with van der Waals surface area (Å²) in [6.45, 7) is 1.89. The molecule has 3 heterocycles. The van der Waals surface area contributed by atoms with Crippen LogP contribution in [0.3, 0.4) is 0 Å². The monoisotopic (exact) mass is 348 g/mol. The second-order valence-electron chi connectivity index (χ2n) is 5.98. The normalized spacial score (nSPS) is 10.8. The first-order chi connectivity index (χ1) is 12.7. The summed E-state index contributed by atoms with van der Waals surface area (Å²) in [7, 11) is 0. The van der Waals surface area contributed by atoms with E-state index in [9.17, 15) is 4.79 Å². The van der Waals surface area contributed by atoms with E-state index in [0.29, 0.717) is 25.3 Å². The van der Waals surface area contributed by atoms with Crippen LogP contribution in [-0.4, -0.2) is 30.9 Å². The highest BCUT2D eigenvalue weighted by atomic mass is 16.4. The van der Waals surface area contributed by atoms with E-state index >= 15 is 0 Å². The SMILES string of the molecule is O=C(O)Cc1cccc(CN(Cc2ccccn2)Cc2ccccn2)n1. The summed E-state index contributed by atoms with van der Waals surface area (Å²) in [5, 5.41) is 8.96. The number of carboxylic acids is 1. The van der Waals surface area contributed by atoms with E-state index in [1.807, 2.05) is 48.5 Å². The summed E-state index contributed by atoms with van der Waals surface area (Å²) >= 11 is 0. The van der Waals surface area contributed by atoms with Crippen molar-refractivity contribution in [2.75, 3.05) is 0 Å². The van der Waals surface area contributed by atoms with Crippen molar-refractivity contribution in [2.24, 2.45) is 0 Å². The first-order valence-electron chi connectivity index (χ1n) is 8.38.